The second-order valence-electron chi connectivity index (χ2n) is 17.1. The molecule has 10 aromatic rings. The fraction of sp³-hybridized carbons (Fsp3) is 0.143. The molecule has 1 heteroatoms. The maximum absolute atomic E-state index is 9.81. The summed E-state index contributed by atoms with van der Waals surface area (Å²) in [5.41, 5.74) is 12.0. The van der Waals surface area contributed by atoms with E-state index in [1.807, 2.05) is 24.3 Å². The number of hydrogen-bond acceptors (Lipinski definition) is 1. The Balaban J connectivity index is 1.27. The molecule has 0 spiro atoms. The van der Waals surface area contributed by atoms with E-state index in [0.717, 1.165) is 101 Å². The number of rotatable bonds is 4. The molecular formula is C56H44O. The molecule has 1 aliphatic rings. The minimum atomic E-state index is -0.233. The number of hydrogen-bond donors (Lipinski definition) is 0. The molecule has 1 nitrogen and oxygen atoms in total. The first kappa shape index (κ1) is 29.8. The molecule has 0 saturated heterocycles. The first-order valence-electron chi connectivity index (χ1n) is 22.1. The molecule has 1 heterocycles. The lowest BCUT2D eigenvalue weighted by Crippen LogP contribution is -2.34. The summed E-state index contributed by atoms with van der Waals surface area (Å²) in [5, 5.41) is 7.22. The van der Waals surface area contributed by atoms with Crippen LogP contribution in [0.25, 0.3) is 98.8 Å². The van der Waals surface area contributed by atoms with Crippen LogP contribution in [0, 0.1) is 0 Å². The number of benzene rings is 9. The monoisotopic (exact) mass is 736 g/mol. The Morgan fingerprint density at radius 3 is 1.74 bits per heavy atom. The van der Waals surface area contributed by atoms with Crippen molar-refractivity contribution in [2.75, 3.05) is 0 Å². The summed E-state index contributed by atoms with van der Waals surface area (Å²) in [6, 6.07) is 50.4. The van der Waals surface area contributed by atoms with Gasteiger partial charge in [-0.25, -0.2) is 0 Å². The highest BCUT2D eigenvalue weighted by Crippen LogP contribution is 2.54. The van der Waals surface area contributed by atoms with Crippen LogP contribution in [0.4, 0.5) is 0 Å². The van der Waals surface area contributed by atoms with Crippen LogP contribution >= 0.6 is 0 Å². The van der Waals surface area contributed by atoms with Crippen molar-refractivity contribution in [2.24, 2.45) is 0 Å². The van der Waals surface area contributed by atoms with Crippen molar-refractivity contribution in [1.82, 2.24) is 0 Å². The van der Waals surface area contributed by atoms with Gasteiger partial charge in [0.1, 0.15) is 11.2 Å². The molecule has 0 N–H and O–H groups in total. The number of furan rings is 1. The van der Waals surface area contributed by atoms with Gasteiger partial charge in [0.05, 0.1) is 5.48 Å². The molecule has 274 valence electrons. The fourth-order valence-electron chi connectivity index (χ4n) is 9.89. The Labute approximate surface area is 339 Å². The molecule has 0 radical (unpaired) electrons. The summed E-state index contributed by atoms with van der Waals surface area (Å²) < 4.78 is 44.1. The van der Waals surface area contributed by atoms with Crippen LogP contribution < -0.4 is 0 Å². The zero-order chi connectivity index (χ0) is 41.9. The normalized spacial score (nSPS) is 15.8. The highest BCUT2D eigenvalue weighted by molar-refractivity contribution is 6.24. The quantitative estimate of drug-likeness (QED) is 0.164. The molecule has 0 saturated carbocycles. The zero-order valence-electron chi connectivity index (χ0n) is 36.7. The molecule has 0 bridgehead atoms. The second-order valence-corrected chi connectivity index (χ2v) is 17.1. The minimum Gasteiger partial charge on any atom is -0.456 e. The van der Waals surface area contributed by atoms with Crippen LogP contribution in [0.5, 0.6) is 0 Å². The van der Waals surface area contributed by atoms with E-state index in [1.165, 1.54) is 11.1 Å². The van der Waals surface area contributed by atoms with E-state index in [-0.39, 0.29) is 35.0 Å². The van der Waals surface area contributed by atoms with Gasteiger partial charge in [-0.3, -0.25) is 0 Å². The van der Waals surface area contributed by atoms with E-state index in [9.17, 15) is 2.74 Å². The van der Waals surface area contributed by atoms with Gasteiger partial charge in [0.2, 0.25) is 0 Å². The van der Waals surface area contributed by atoms with Crippen molar-refractivity contribution in [2.45, 2.75) is 51.4 Å². The van der Waals surface area contributed by atoms with E-state index in [0.29, 0.717) is 10.8 Å². The third-order valence-electron chi connectivity index (χ3n) is 12.8. The fourth-order valence-corrected chi connectivity index (χ4v) is 9.89. The molecule has 9 aromatic carbocycles. The minimum absolute atomic E-state index is 0.0219. The lowest BCUT2D eigenvalue weighted by atomic mass is 9.60. The topological polar surface area (TPSA) is 13.1 Å². The molecule has 1 aromatic heterocycles. The average Bonchev–Trinajstić information content (AvgIpc) is 3.66. The largest absolute Gasteiger partial charge is 0.456 e. The van der Waals surface area contributed by atoms with Crippen LogP contribution in [-0.2, 0) is 10.8 Å². The zero-order valence-corrected chi connectivity index (χ0v) is 32.7. The van der Waals surface area contributed by atoms with E-state index < -0.39 is 0 Å². The molecule has 0 atom stereocenters. The average molecular weight is 737 g/mol. The van der Waals surface area contributed by atoms with Crippen molar-refractivity contribution in [3.8, 4) is 44.5 Å². The molecular weight excluding hydrogens is 689 g/mol. The van der Waals surface area contributed by atoms with Crippen molar-refractivity contribution >= 4 is 54.3 Å². The molecule has 1 aliphatic carbocycles. The van der Waals surface area contributed by atoms with Gasteiger partial charge in [0.25, 0.3) is 0 Å². The SMILES string of the molecule is [2H]c1c([2H])c([2H])c2c(-c3cccc4c(-c5ccc6oc7ccccc7c6c5)cccc34)c3ccccc3c(-c3cc(-c4ccccc4)cc4c3C(C)(C)CCC4(C)C)c2c1[2H]. The lowest BCUT2D eigenvalue weighted by Gasteiger charge is -2.43. The Kier molecular flexibility index (Phi) is 6.55. The third kappa shape index (κ3) is 5.22. The van der Waals surface area contributed by atoms with Crippen molar-refractivity contribution < 1.29 is 9.90 Å². The van der Waals surface area contributed by atoms with Gasteiger partial charge in [0, 0.05) is 10.8 Å². The summed E-state index contributed by atoms with van der Waals surface area (Å²) in [4.78, 5) is 0. The lowest BCUT2D eigenvalue weighted by molar-refractivity contribution is 0.333. The molecule has 57 heavy (non-hydrogen) atoms. The van der Waals surface area contributed by atoms with Crippen molar-refractivity contribution in [3.05, 3.63) is 181 Å². The van der Waals surface area contributed by atoms with Crippen molar-refractivity contribution in [3.63, 3.8) is 0 Å². The summed E-state index contributed by atoms with van der Waals surface area (Å²) in [6.07, 6.45) is 2.04. The van der Waals surface area contributed by atoms with E-state index in [2.05, 4.69) is 149 Å². The van der Waals surface area contributed by atoms with Gasteiger partial charge in [-0.2, -0.15) is 0 Å². The summed E-state index contributed by atoms with van der Waals surface area (Å²) >= 11 is 0. The number of para-hydroxylation sites is 1. The molecule has 0 amide bonds. The van der Waals surface area contributed by atoms with E-state index >= 15 is 0 Å². The van der Waals surface area contributed by atoms with Crippen LogP contribution in [0.2, 0.25) is 0 Å². The maximum atomic E-state index is 9.81. The van der Waals surface area contributed by atoms with Crippen LogP contribution in [0.1, 0.15) is 57.1 Å². The summed E-state index contributed by atoms with van der Waals surface area (Å²) in [5.74, 6) is 0. The second kappa shape index (κ2) is 12.5. The summed E-state index contributed by atoms with van der Waals surface area (Å²) in [6.45, 7) is 9.35. The van der Waals surface area contributed by atoms with Crippen LogP contribution in [0.3, 0.4) is 0 Å². The highest BCUT2D eigenvalue weighted by atomic mass is 16.3. The Morgan fingerprint density at radius 1 is 0.421 bits per heavy atom. The Bertz CT molecular complexity index is 3470. The van der Waals surface area contributed by atoms with Crippen molar-refractivity contribution in [1.29, 1.82) is 0 Å². The van der Waals surface area contributed by atoms with Gasteiger partial charge in [-0.15, -0.1) is 0 Å². The molecule has 11 rings (SSSR count). The number of fused-ring (bicyclic) bond motifs is 7. The van der Waals surface area contributed by atoms with Gasteiger partial charge < -0.3 is 4.42 Å². The molecule has 0 unspecified atom stereocenters. The first-order chi connectivity index (χ1) is 29.4. The predicted molar refractivity (Wildman–Crippen MR) is 243 cm³/mol. The van der Waals surface area contributed by atoms with Gasteiger partial charge in [0.15, 0.2) is 0 Å². The van der Waals surface area contributed by atoms with Gasteiger partial charge in [-0.1, -0.05) is 173 Å². The first-order valence-corrected chi connectivity index (χ1v) is 20.1. The highest BCUT2D eigenvalue weighted by Gasteiger charge is 2.40. The Hall–Kier alpha value is -6.44. The standard InChI is InChI=1S/C56H44O/c1-55(2)30-31-56(3,4)54-48(33-37(34-49(54)55)35-16-6-5-7-17-35)53-45-21-10-8-19-43(45)52(44-20-9-11-22-46(44)53)42-26-15-24-39-38(23-14-25-40(39)42)36-28-29-51-47(32-36)41-18-12-13-27-50(41)57-51/h5-29,32-34H,30-31H2,1-4H3/i8D,10D,19D,21D. The third-order valence-corrected chi connectivity index (χ3v) is 12.8. The van der Waals surface area contributed by atoms with Crippen LogP contribution in [0.15, 0.2) is 174 Å². The Morgan fingerprint density at radius 2 is 1.00 bits per heavy atom. The van der Waals surface area contributed by atoms with Crippen LogP contribution in [-0.4, -0.2) is 0 Å². The molecule has 0 aliphatic heterocycles. The van der Waals surface area contributed by atoms with E-state index in [4.69, 9.17) is 7.16 Å². The summed E-state index contributed by atoms with van der Waals surface area (Å²) in [7, 11) is 0. The predicted octanol–water partition coefficient (Wildman–Crippen LogP) is 16.1. The van der Waals surface area contributed by atoms with E-state index in [1.54, 1.807) is 0 Å². The maximum Gasteiger partial charge on any atom is 0.135 e. The molecule has 0 fully saturated rings. The van der Waals surface area contributed by atoms with Gasteiger partial charge >= 0.3 is 0 Å². The smallest absolute Gasteiger partial charge is 0.135 e. The van der Waals surface area contributed by atoms with Gasteiger partial charge in [-0.05, 0) is 136 Å².